The van der Waals surface area contributed by atoms with E-state index in [2.05, 4.69) is 10.5 Å². The van der Waals surface area contributed by atoms with Crippen molar-refractivity contribution in [3.05, 3.63) is 47.9 Å². The molecule has 0 saturated carbocycles. The first-order valence-corrected chi connectivity index (χ1v) is 6.16. The minimum Gasteiger partial charge on any atom is -0.364 e. The van der Waals surface area contributed by atoms with Gasteiger partial charge in [0.1, 0.15) is 17.5 Å². The Morgan fingerprint density at radius 1 is 1.32 bits per heavy atom. The Labute approximate surface area is 111 Å². The van der Waals surface area contributed by atoms with Crippen LogP contribution in [0.25, 0.3) is 0 Å². The zero-order chi connectivity index (χ0) is 13.8. The summed E-state index contributed by atoms with van der Waals surface area (Å²) in [5.74, 6) is -0.0908. The lowest BCUT2D eigenvalue weighted by molar-refractivity contribution is 0.102. The van der Waals surface area contributed by atoms with Crippen LogP contribution in [-0.2, 0) is 0 Å². The number of carbonyl (C=O) groups excluding carboxylic acids is 1. The summed E-state index contributed by atoms with van der Waals surface area (Å²) in [7, 11) is 0. The third-order valence-electron chi connectivity index (χ3n) is 2.91. The molecule has 2 aromatic rings. The van der Waals surface area contributed by atoms with Crippen molar-refractivity contribution in [3.63, 3.8) is 0 Å². The Kier molecular flexibility index (Phi) is 3.97. The molecule has 0 aliphatic heterocycles. The Bertz CT molecular complexity index is 549. The number of rotatable bonds is 4. The molecule has 19 heavy (non-hydrogen) atoms. The van der Waals surface area contributed by atoms with E-state index >= 15 is 0 Å². The van der Waals surface area contributed by atoms with Gasteiger partial charge in [-0.05, 0) is 18.1 Å². The molecule has 5 heteroatoms. The maximum Gasteiger partial charge on any atom is 0.260 e. The largest absolute Gasteiger partial charge is 0.364 e. The van der Waals surface area contributed by atoms with Crippen LogP contribution in [-0.4, -0.2) is 11.1 Å². The lowest BCUT2D eigenvalue weighted by Gasteiger charge is -2.13. The van der Waals surface area contributed by atoms with Crippen molar-refractivity contribution in [3.8, 4) is 0 Å². The van der Waals surface area contributed by atoms with Gasteiger partial charge in [0, 0.05) is 5.69 Å². The third-order valence-corrected chi connectivity index (χ3v) is 2.91. The number of anilines is 1. The van der Waals surface area contributed by atoms with Gasteiger partial charge < -0.3 is 15.6 Å². The van der Waals surface area contributed by atoms with Gasteiger partial charge in [-0.25, -0.2) is 0 Å². The number of aromatic nitrogens is 1. The number of nitrogens with two attached hydrogens (primary N) is 1. The first-order chi connectivity index (χ1) is 9.09. The number of nitrogens with one attached hydrogen (secondary N) is 1. The molecule has 0 bridgehead atoms. The molecule has 1 heterocycles. The summed E-state index contributed by atoms with van der Waals surface area (Å²) in [6.45, 7) is 3.94. The number of amides is 1. The molecule has 2 rings (SSSR count). The average Bonchev–Trinajstić information content (AvgIpc) is 2.88. The molecule has 1 aromatic carbocycles. The van der Waals surface area contributed by atoms with Crippen LogP contribution in [0.15, 0.2) is 41.1 Å². The Hall–Kier alpha value is -2.14. The van der Waals surface area contributed by atoms with E-state index in [1.807, 2.05) is 44.2 Å². The summed E-state index contributed by atoms with van der Waals surface area (Å²) >= 11 is 0. The average molecular weight is 259 g/mol. The van der Waals surface area contributed by atoms with Crippen molar-refractivity contribution < 1.29 is 9.32 Å². The molecule has 1 atom stereocenters. The van der Waals surface area contributed by atoms with Crippen LogP contribution < -0.4 is 11.1 Å². The number of carbonyl (C=O) groups is 1. The van der Waals surface area contributed by atoms with E-state index in [9.17, 15) is 4.79 Å². The predicted octanol–water partition coefficient (Wildman–Crippen LogP) is 2.58. The summed E-state index contributed by atoms with van der Waals surface area (Å²) in [6, 6.07) is 8.89. The number of para-hydroxylation sites is 1. The Morgan fingerprint density at radius 2 is 2.00 bits per heavy atom. The van der Waals surface area contributed by atoms with Gasteiger partial charge in [0.2, 0.25) is 0 Å². The second kappa shape index (κ2) is 5.67. The summed E-state index contributed by atoms with van der Waals surface area (Å²) in [5, 5.41) is 6.62. The van der Waals surface area contributed by atoms with Crippen LogP contribution in [0.2, 0.25) is 0 Å². The van der Waals surface area contributed by atoms with Gasteiger partial charge in [-0.15, -0.1) is 0 Å². The van der Waals surface area contributed by atoms with Crippen LogP contribution >= 0.6 is 0 Å². The highest BCUT2D eigenvalue weighted by molar-refractivity contribution is 6.04. The van der Waals surface area contributed by atoms with Crippen LogP contribution in [0.5, 0.6) is 0 Å². The van der Waals surface area contributed by atoms with Crippen LogP contribution in [0.3, 0.4) is 0 Å². The van der Waals surface area contributed by atoms with E-state index in [0.717, 1.165) is 5.69 Å². The number of hydrogen-bond donors (Lipinski definition) is 2. The highest BCUT2D eigenvalue weighted by Crippen LogP contribution is 2.22. The van der Waals surface area contributed by atoms with Crippen molar-refractivity contribution in [1.82, 2.24) is 5.16 Å². The predicted molar refractivity (Wildman–Crippen MR) is 72.7 cm³/mol. The van der Waals surface area contributed by atoms with Crippen molar-refractivity contribution in [1.29, 1.82) is 0 Å². The van der Waals surface area contributed by atoms with Gasteiger partial charge in [-0.3, -0.25) is 4.79 Å². The Balaban J connectivity index is 2.19. The minimum atomic E-state index is -0.324. The molecular formula is C14H17N3O2. The van der Waals surface area contributed by atoms with Gasteiger partial charge >= 0.3 is 0 Å². The molecule has 100 valence electrons. The van der Waals surface area contributed by atoms with Gasteiger partial charge in [-0.1, -0.05) is 37.2 Å². The number of nitrogens with zero attached hydrogens (tertiary/aromatic N) is 1. The van der Waals surface area contributed by atoms with Crippen molar-refractivity contribution in [2.24, 2.45) is 11.7 Å². The zero-order valence-electron chi connectivity index (χ0n) is 11.0. The van der Waals surface area contributed by atoms with E-state index in [1.54, 1.807) is 0 Å². The maximum absolute atomic E-state index is 12.2. The van der Waals surface area contributed by atoms with E-state index in [0.29, 0.717) is 11.3 Å². The van der Waals surface area contributed by atoms with E-state index < -0.39 is 0 Å². The van der Waals surface area contributed by atoms with Crippen LogP contribution in [0.1, 0.15) is 35.9 Å². The fourth-order valence-corrected chi connectivity index (χ4v) is 1.69. The summed E-state index contributed by atoms with van der Waals surface area (Å²) in [5.41, 5.74) is 7.60. The first kappa shape index (κ1) is 13.3. The summed E-state index contributed by atoms with van der Waals surface area (Å²) in [6.07, 6.45) is 1.33. The normalized spacial score (nSPS) is 12.4. The topological polar surface area (TPSA) is 81.2 Å². The summed E-state index contributed by atoms with van der Waals surface area (Å²) < 4.78 is 4.88. The van der Waals surface area contributed by atoms with Gasteiger partial charge in [0.25, 0.3) is 5.91 Å². The quantitative estimate of drug-likeness (QED) is 0.884. The molecule has 0 spiro atoms. The molecular weight excluding hydrogens is 242 g/mol. The van der Waals surface area contributed by atoms with E-state index in [1.165, 1.54) is 6.26 Å². The second-order valence-electron chi connectivity index (χ2n) is 4.70. The fourth-order valence-electron chi connectivity index (χ4n) is 1.69. The molecule has 0 aliphatic carbocycles. The van der Waals surface area contributed by atoms with Crippen molar-refractivity contribution in [2.45, 2.75) is 19.9 Å². The lowest BCUT2D eigenvalue weighted by Crippen LogP contribution is -2.22. The maximum atomic E-state index is 12.2. The van der Waals surface area contributed by atoms with Gasteiger partial charge in [-0.2, -0.15) is 0 Å². The van der Waals surface area contributed by atoms with Gasteiger partial charge in [0.15, 0.2) is 0 Å². The van der Waals surface area contributed by atoms with E-state index in [-0.39, 0.29) is 17.9 Å². The highest BCUT2D eigenvalue weighted by Gasteiger charge is 2.23. The van der Waals surface area contributed by atoms with Crippen LogP contribution in [0.4, 0.5) is 5.69 Å². The number of hydrogen-bond acceptors (Lipinski definition) is 4. The molecule has 5 nitrogen and oxygen atoms in total. The standard InChI is InChI=1S/C14H17N3O2/c1-9(2)12(15)13-11(8-19-17-13)14(18)16-10-6-4-3-5-7-10/h3-9,12H,15H2,1-2H3,(H,16,18)/t12-/m0/s1. The minimum absolute atomic E-state index is 0.174. The molecule has 1 amide bonds. The molecule has 0 fully saturated rings. The smallest absolute Gasteiger partial charge is 0.260 e. The SMILES string of the molecule is CC(C)[C@H](N)c1nocc1C(=O)Nc1ccccc1. The molecule has 0 unspecified atom stereocenters. The summed E-state index contributed by atoms with van der Waals surface area (Å²) in [4.78, 5) is 12.2. The van der Waals surface area contributed by atoms with Crippen molar-refractivity contribution in [2.75, 3.05) is 5.32 Å². The monoisotopic (exact) mass is 259 g/mol. The van der Waals surface area contributed by atoms with Crippen molar-refractivity contribution >= 4 is 11.6 Å². The third kappa shape index (κ3) is 3.00. The molecule has 0 radical (unpaired) electrons. The second-order valence-corrected chi connectivity index (χ2v) is 4.70. The number of benzene rings is 1. The fraction of sp³-hybridized carbons (Fsp3) is 0.286. The van der Waals surface area contributed by atoms with E-state index in [4.69, 9.17) is 10.3 Å². The highest BCUT2D eigenvalue weighted by atomic mass is 16.5. The first-order valence-electron chi connectivity index (χ1n) is 6.16. The van der Waals surface area contributed by atoms with Crippen LogP contribution in [0, 0.1) is 5.92 Å². The molecule has 3 N–H and O–H groups in total. The molecule has 1 aromatic heterocycles. The Morgan fingerprint density at radius 3 is 2.63 bits per heavy atom. The molecule has 0 aliphatic rings. The molecule has 0 saturated heterocycles. The van der Waals surface area contributed by atoms with Gasteiger partial charge in [0.05, 0.1) is 6.04 Å². The lowest BCUT2D eigenvalue weighted by atomic mass is 9.99. The zero-order valence-corrected chi connectivity index (χ0v) is 11.0.